The van der Waals surface area contributed by atoms with E-state index in [0.717, 1.165) is 18.8 Å². The Morgan fingerprint density at radius 1 is 1.39 bits per heavy atom. The molecule has 106 valence electrons. The Kier molecular flexibility index (Phi) is 7.39. The van der Waals surface area contributed by atoms with E-state index in [-0.39, 0.29) is 12.0 Å². The molecule has 0 bridgehead atoms. The van der Waals surface area contributed by atoms with Crippen molar-refractivity contribution in [2.75, 3.05) is 28.2 Å². The largest absolute Gasteiger partial charge is 0.481 e. The number of aliphatic carboxylic acids is 1. The van der Waals surface area contributed by atoms with Crippen LogP contribution in [0, 0.1) is 5.92 Å². The molecule has 0 heterocycles. The van der Waals surface area contributed by atoms with Crippen LogP contribution in [0.2, 0.25) is 0 Å². The van der Waals surface area contributed by atoms with Crippen molar-refractivity contribution in [1.29, 1.82) is 0 Å². The highest BCUT2D eigenvalue weighted by atomic mass is 16.4. The van der Waals surface area contributed by atoms with Crippen molar-refractivity contribution in [3.8, 4) is 0 Å². The fourth-order valence-electron chi connectivity index (χ4n) is 1.97. The van der Waals surface area contributed by atoms with Gasteiger partial charge in [0.1, 0.15) is 0 Å². The SMILES string of the molecule is CCCCC(C(=O)O)C(C)NC(N(C)C)=[N+](C)C. The van der Waals surface area contributed by atoms with Crippen LogP contribution >= 0.6 is 0 Å². The summed E-state index contributed by atoms with van der Waals surface area (Å²) in [7, 11) is 7.77. The van der Waals surface area contributed by atoms with E-state index in [4.69, 9.17) is 0 Å². The standard InChI is InChI=1S/C13H27N3O2/c1-7-8-9-11(12(17)18)10(2)14-13(15(3)4)16(5)6/h10-11H,7-9H2,1-6H3,(H,17,18)/p+1. The second kappa shape index (κ2) is 7.95. The highest BCUT2D eigenvalue weighted by molar-refractivity contribution is 5.76. The third-order valence-electron chi connectivity index (χ3n) is 2.99. The van der Waals surface area contributed by atoms with Crippen molar-refractivity contribution in [1.82, 2.24) is 10.2 Å². The quantitative estimate of drug-likeness (QED) is 0.425. The molecule has 0 spiro atoms. The molecular weight excluding hydrogens is 230 g/mol. The number of carboxylic acids is 1. The number of hydrogen-bond acceptors (Lipinski definition) is 1. The maximum Gasteiger partial charge on any atom is 0.347 e. The van der Waals surface area contributed by atoms with E-state index in [0.29, 0.717) is 6.42 Å². The van der Waals surface area contributed by atoms with Crippen LogP contribution in [0.5, 0.6) is 0 Å². The van der Waals surface area contributed by atoms with Crippen molar-refractivity contribution >= 4 is 11.9 Å². The second-order valence-corrected chi connectivity index (χ2v) is 5.13. The van der Waals surface area contributed by atoms with Crippen molar-refractivity contribution in [2.45, 2.75) is 39.2 Å². The monoisotopic (exact) mass is 258 g/mol. The Morgan fingerprint density at radius 2 is 1.94 bits per heavy atom. The van der Waals surface area contributed by atoms with E-state index in [1.54, 1.807) is 0 Å². The number of rotatable bonds is 6. The first kappa shape index (κ1) is 16.7. The van der Waals surface area contributed by atoms with Gasteiger partial charge in [-0.25, -0.2) is 0 Å². The van der Waals surface area contributed by atoms with Gasteiger partial charge in [0.2, 0.25) is 0 Å². The molecule has 0 aromatic rings. The highest BCUT2D eigenvalue weighted by Crippen LogP contribution is 2.13. The van der Waals surface area contributed by atoms with E-state index in [9.17, 15) is 9.90 Å². The third kappa shape index (κ3) is 5.38. The summed E-state index contributed by atoms with van der Waals surface area (Å²) in [5.74, 6) is -0.148. The molecule has 0 aliphatic heterocycles. The third-order valence-corrected chi connectivity index (χ3v) is 2.99. The number of carboxylic acid groups (broad SMARTS) is 1. The van der Waals surface area contributed by atoms with Crippen LogP contribution in [0.1, 0.15) is 33.1 Å². The predicted molar refractivity (Wildman–Crippen MR) is 74.1 cm³/mol. The Bertz CT molecular complexity index is 297. The average Bonchev–Trinajstić information content (AvgIpc) is 2.24. The molecular formula is C13H28N3O2+. The zero-order chi connectivity index (χ0) is 14.3. The maximum atomic E-state index is 11.3. The summed E-state index contributed by atoms with van der Waals surface area (Å²) in [4.78, 5) is 13.2. The second-order valence-electron chi connectivity index (χ2n) is 5.13. The van der Waals surface area contributed by atoms with Gasteiger partial charge in [0.05, 0.1) is 40.2 Å². The molecule has 5 heteroatoms. The topological polar surface area (TPSA) is 55.6 Å². The lowest BCUT2D eigenvalue weighted by Crippen LogP contribution is -2.49. The molecule has 2 unspecified atom stereocenters. The molecule has 5 nitrogen and oxygen atoms in total. The number of unbranched alkanes of at least 4 members (excludes halogenated alkanes) is 1. The fraction of sp³-hybridized carbons (Fsp3) is 0.846. The minimum absolute atomic E-state index is 0.0890. The number of nitrogens with zero attached hydrogens (tertiary/aromatic N) is 2. The van der Waals surface area contributed by atoms with Crippen LogP contribution in [-0.2, 0) is 4.79 Å². The zero-order valence-corrected chi connectivity index (χ0v) is 12.5. The van der Waals surface area contributed by atoms with E-state index in [1.807, 2.05) is 44.6 Å². The van der Waals surface area contributed by atoms with E-state index >= 15 is 0 Å². The number of hydrogen-bond donors (Lipinski definition) is 2. The molecule has 2 atom stereocenters. The molecule has 0 radical (unpaired) electrons. The fourth-order valence-corrected chi connectivity index (χ4v) is 1.97. The van der Waals surface area contributed by atoms with Gasteiger partial charge in [0, 0.05) is 0 Å². The predicted octanol–water partition coefficient (Wildman–Crippen LogP) is 1.05. The van der Waals surface area contributed by atoms with Crippen LogP contribution in [-0.4, -0.2) is 60.7 Å². The first-order valence-corrected chi connectivity index (χ1v) is 6.52. The van der Waals surface area contributed by atoms with Gasteiger partial charge in [-0.05, 0) is 13.3 Å². The van der Waals surface area contributed by atoms with Crippen molar-refractivity contribution in [2.24, 2.45) is 5.92 Å². The molecule has 0 rings (SSSR count). The van der Waals surface area contributed by atoms with Crippen LogP contribution < -0.4 is 5.32 Å². The molecule has 18 heavy (non-hydrogen) atoms. The maximum absolute atomic E-state index is 11.3. The lowest BCUT2D eigenvalue weighted by atomic mass is 9.95. The van der Waals surface area contributed by atoms with Gasteiger partial charge in [-0.15, -0.1) is 0 Å². The molecule has 0 saturated heterocycles. The minimum atomic E-state index is -0.722. The highest BCUT2D eigenvalue weighted by Gasteiger charge is 2.28. The van der Waals surface area contributed by atoms with Crippen molar-refractivity contribution in [3.63, 3.8) is 0 Å². The number of nitrogens with one attached hydrogen (secondary N) is 1. The molecule has 0 fully saturated rings. The number of carbonyl (C=O) groups is 1. The summed E-state index contributed by atoms with van der Waals surface area (Å²) in [5, 5.41) is 12.6. The van der Waals surface area contributed by atoms with E-state index < -0.39 is 5.97 Å². The summed E-state index contributed by atoms with van der Waals surface area (Å²) < 4.78 is 1.95. The Hall–Kier alpha value is -1.26. The van der Waals surface area contributed by atoms with Gasteiger partial charge in [-0.2, -0.15) is 0 Å². The zero-order valence-electron chi connectivity index (χ0n) is 12.5. The number of guanidine groups is 1. The first-order chi connectivity index (χ1) is 8.31. The molecule has 2 N–H and O–H groups in total. The van der Waals surface area contributed by atoms with Gasteiger partial charge in [-0.3, -0.25) is 19.6 Å². The summed E-state index contributed by atoms with van der Waals surface area (Å²) >= 11 is 0. The van der Waals surface area contributed by atoms with Crippen molar-refractivity contribution in [3.05, 3.63) is 0 Å². The van der Waals surface area contributed by atoms with Crippen molar-refractivity contribution < 1.29 is 14.5 Å². The average molecular weight is 258 g/mol. The summed E-state index contributed by atoms with van der Waals surface area (Å²) in [5.41, 5.74) is 0. The van der Waals surface area contributed by atoms with Gasteiger partial charge in [-0.1, -0.05) is 19.8 Å². The van der Waals surface area contributed by atoms with Crippen LogP contribution in [0.25, 0.3) is 0 Å². The Balaban J connectivity index is 4.73. The molecule has 0 aliphatic carbocycles. The Morgan fingerprint density at radius 3 is 2.28 bits per heavy atom. The van der Waals surface area contributed by atoms with Gasteiger partial charge >= 0.3 is 11.9 Å². The molecule has 0 amide bonds. The molecule has 0 saturated carbocycles. The van der Waals surface area contributed by atoms with Gasteiger partial charge in [0.15, 0.2) is 0 Å². The summed E-state index contributed by atoms with van der Waals surface area (Å²) in [6.45, 7) is 4.01. The van der Waals surface area contributed by atoms with E-state index in [1.165, 1.54) is 0 Å². The lowest BCUT2D eigenvalue weighted by molar-refractivity contribution is -0.472. The first-order valence-electron chi connectivity index (χ1n) is 6.52. The van der Waals surface area contributed by atoms with Crippen LogP contribution in [0.4, 0.5) is 0 Å². The van der Waals surface area contributed by atoms with Crippen LogP contribution in [0.3, 0.4) is 0 Å². The van der Waals surface area contributed by atoms with Gasteiger partial charge in [0.25, 0.3) is 0 Å². The van der Waals surface area contributed by atoms with Gasteiger partial charge < -0.3 is 5.11 Å². The summed E-state index contributed by atoms with van der Waals surface area (Å²) in [6.07, 6.45) is 2.69. The normalized spacial score (nSPS) is 13.7. The minimum Gasteiger partial charge on any atom is -0.481 e. The van der Waals surface area contributed by atoms with E-state index in [2.05, 4.69) is 12.2 Å². The summed E-state index contributed by atoms with van der Waals surface area (Å²) in [6, 6.07) is -0.0890. The molecule has 0 aromatic carbocycles. The lowest BCUT2D eigenvalue weighted by Gasteiger charge is -2.22. The van der Waals surface area contributed by atoms with Crippen LogP contribution in [0.15, 0.2) is 0 Å². The Labute approximate surface area is 110 Å². The smallest absolute Gasteiger partial charge is 0.347 e. The molecule has 0 aromatic heterocycles. The molecule has 0 aliphatic rings.